The summed E-state index contributed by atoms with van der Waals surface area (Å²) in [5.41, 5.74) is 7.76. The molecular weight excluding hydrogens is 186 g/mol. The number of nitrogens with zero attached hydrogens (tertiary/aromatic N) is 2. The van der Waals surface area contributed by atoms with Crippen LogP contribution in [0.1, 0.15) is 31.4 Å². The number of hydrogen-bond acceptors (Lipinski definition) is 2. The molecule has 2 N–H and O–H groups in total. The average molecular weight is 205 g/mol. The Morgan fingerprint density at radius 3 is 2.93 bits per heavy atom. The highest BCUT2D eigenvalue weighted by Crippen LogP contribution is 2.51. The van der Waals surface area contributed by atoms with E-state index in [1.165, 1.54) is 25.7 Å². The molecule has 1 aromatic rings. The van der Waals surface area contributed by atoms with Gasteiger partial charge in [0, 0.05) is 6.54 Å². The molecule has 3 nitrogen and oxygen atoms in total. The minimum atomic E-state index is 0.829. The lowest BCUT2D eigenvalue weighted by molar-refractivity contribution is 0.295. The highest BCUT2D eigenvalue weighted by Gasteiger charge is 2.41. The van der Waals surface area contributed by atoms with Crippen LogP contribution in [-0.4, -0.2) is 9.78 Å². The fourth-order valence-corrected chi connectivity index (χ4v) is 3.00. The minimum absolute atomic E-state index is 0.829. The van der Waals surface area contributed by atoms with Crippen LogP contribution < -0.4 is 5.73 Å². The molecular formula is C12H19N3. The fourth-order valence-electron chi connectivity index (χ4n) is 3.00. The molecule has 0 amide bonds. The molecule has 1 aromatic heterocycles. The molecule has 2 aliphatic rings. The first-order valence-corrected chi connectivity index (χ1v) is 6.02. The number of hydrogen-bond donors (Lipinski definition) is 1. The summed E-state index contributed by atoms with van der Waals surface area (Å²) in [6.45, 7) is 3.14. The SMILES string of the molecule is Cc1c(N)cnn1CC1CCC2CC2C1. The molecule has 2 aliphatic carbocycles. The molecule has 3 rings (SSSR count). The first-order valence-electron chi connectivity index (χ1n) is 6.02. The third-order valence-corrected chi connectivity index (χ3v) is 4.22. The van der Waals surface area contributed by atoms with Gasteiger partial charge in [0.15, 0.2) is 0 Å². The largest absolute Gasteiger partial charge is 0.396 e. The lowest BCUT2D eigenvalue weighted by Gasteiger charge is -2.21. The Balaban J connectivity index is 1.67. The zero-order chi connectivity index (χ0) is 10.4. The molecule has 3 atom stereocenters. The van der Waals surface area contributed by atoms with E-state index in [-0.39, 0.29) is 0 Å². The predicted octanol–water partition coefficient (Wildman–Crippen LogP) is 2.21. The predicted molar refractivity (Wildman–Crippen MR) is 60.3 cm³/mol. The van der Waals surface area contributed by atoms with Crippen molar-refractivity contribution in [2.75, 3.05) is 5.73 Å². The van der Waals surface area contributed by atoms with Gasteiger partial charge in [-0.15, -0.1) is 0 Å². The van der Waals surface area contributed by atoms with Gasteiger partial charge in [-0.3, -0.25) is 4.68 Å². The molecule has 3 unspecified atom stereocenters. The summed E-state index contributed by atoms with van der Waals surface area (Å²) in [4.78, 5) is 0. The quantitative estimate of drug-likeness (QED) is 0.804. The Labute approximate surface area is 90.7 Å². The van der Waals surface area contributed by atoms with E-state index in [0.29, 0.717) is 0 Å². The molecule has 0 aromatic carbocycles. The van der Waals surface area contributed by atoms with E-state index in [0.717, 1.165) is 35.7 Å². The second-order valence-corrected chi connectivity index (χ2v) is 5.30. The van der Waals surface area contributed by atoms with E-state index < -0.39 is 0 Å². The van der Waals surface area contributed by atoms with Crippen molar-refractivity contribution in [3.63, 3.8) is 0 Å². The maximum Gasteiger partial charge on any atom is 0.0730 e. The van der Waals surface area contributed by atoms with Crippen molar-refractivity contribution in [1.82, 2.24) is 9.78 Å². The molecule has 0 bridgehead atoms. The van der Waals surface area contributed by atoms with E-state index in [9.17, 15) is 0 Å². The van der Waals surface area contributed by atoms with Gasteiger partial charge in [-0.05, 0) is 50.4 Å². The molecule has 1 heterocycles. The second kappa shape index (κ2) is 3.26. The van der Waals surface area contributed by atoms with Gasteiger partial charge in [0.05, 0.1) is 17.6 Å². The fraction of sp³-hybridized carbons (Fsp3) is 0.750. The van der Waals surface area contributed by atoms with Gasteiger partial charge < -0.3 is 5.73 Å². The van der Waals surface area contributed by atoms with Crippen LogP contribution in [0.4, 0.5) is 5.69 Å². The number of nitrogens with two attached hydrogens (primary N) is 1. The maximum atomic E-state index is 5.80. The van der Waals surface area contributed by atoms with Crippen molar-refractivity contribution in [2.24, 2.45) is 17.8 Å². The summed E-state index contributed by atoms with van der Waals surface area (Å²) in [5, 5.41) is 4.34. The van der Waals surface area contributed by atoms with Crippen LogP contribution in [0.15, 0.2) is 6.20 Å². The lowest BCUT2D eigenvalue weighted by atomic mass is 9.89. The van der Waals surface area contributed by atoms with Crippen molar-refractivity contribution in [2.45, 2.75) is 39.2 Å². The van der Waals surface area contributed by atoms with Crippen LogP contribution in [0.3, 0.4) is 0 Å². The molecule has 0 radical (unpaired) electrons. The zero-order valence-corrected chi connectivity index (χ0v) is 9.32. The van der Waals surface area contributed by atoms with E-state index in [4.69, 9.17) is 5.73 Å². The summed E-state index contributed by atoms with van der Waals surface area (Å²) >= 11 is 0. The monoisotopic (exact) mass is 205 g/mol. The third-order valence-electron chi connectivity index (χ3n) is 4.22. The van der Waals surface area contributed by atoms with Crippen LogP contribution >= 0.6 is 0 Å². The summed E-state index contributed by atoms with van der Waals surface area (Å²) in [5.74, 6) is 2.98. The zero-order valence-electron chi connectivity index (χ0n) is 9.32. The van der Waals surface area contributed by atoms with Gasteiger partial charge in [0.1, 0.15) is 0 Å². The van der Waals surface area contributed by atoms with E-state index in [1.54, 1.807) is 6.20 Å². The van der Waals surface area contributed by atoms with Crippen molar-refractivity contribution < 1.29 is 0 Å². The summed E-state index contributed by atoms with van der Waals surface area (Å²) < 4.78 is 2.09. The van der Waals surface area contributed by atoms with Gasteiger partial charge in [-0.1, -0.05) is 0 Å². The van der Waals surface area contributed by atoms with Crippen molar-refractivity contribution in [1.29, 1.82) is 0 Å². The molecule has 0 aliphatic heterocycles. The summed E-state index contributed by atoms with van der Waals surface area (Å²) in [6.07, 6.45) is 7.53. The first kappa shape index (κ1) is 9.25. The van der Waals surface area contributed by atoms with E-state index in [2.05, 4.69) is 16.7 Å². The van der Waals surface area contributed by atoms with Crippen molar-refractivity contribution in [3.8, 4) is 0 Å². The van der Waals surface area contributed by atoms with Gasteiger partial charge >= 0.3 is 0 Å². The van der Waals surface area contributed by atoms with Crippen LogP contribution in [0.25, 0.3) is 0 Å². The molecule has 82 valence electrons. The molecule has 2 saturated carbocycles. The Hall–Kier alpha value is -0.990. The number of rotatable bonds is 2. The smallest absolute Gasteiger partial charge is 0.0730 e. The second-order valence-electron chi connectivity index (χ2n) is 5.30. The van der Waals surface area contributed by atoms with Crippen LogP contribution in [0.2, 0.25) is 0 Å². The van der Waals surface area contributed by atoms with E-state index >= 15 is 0 Å². The summed E-state index contributed by atoms with van der Waals surface area (Å²) in [7, 11) is 0. The van der Waals surface area contributed by atoms with E-state index in [1.807, 2.05) is 0 Å². The molecule has 15 heavy (non-hydrogen) atoms. The Morgan fingerprint density at radius 1 is 1.40 bits per heavy atom. The molecule has 0 saturated heterocycles. The van der Waals surface area contributed by atoms with Gasteiger partial charge in [-0.2, -0.15) is 5.10 Å². The maximum absolute atomic E-state index is 5.80. The number of anilines is 1. The highest BCUT2D eigenvalue weighted by molar-refractivity contribution is 5.39. The topological polar surface area (TPSA) is 43.8 Å². The molecule has 2 fully saturated rings. The Morgan fingerprint density at radius 2 is 2.27 bits per heavy atom. The average Bonchev–Trinajstić information content (AvgIpc) is 2.94. The normalized spacial score (nSPS) is 33.8. The molecule has 0 spiro atoms. The minimum Gasteiger partial charge on any atom is -0.396 e. The standard InChI is InChI=1S/C12H19N3/c1-8-12(13)6-14-15(8)7-9-2-3-10-5-11(10)4-9/h6,9-11H,2-5,7,13H2,1H3. The van der Waals surface area contributed by atoms with Crippen LogP contribution in [0, 0.1) is 24.7 Å². The van der Waals surface area contributed by atoms with Crippen LogP contribution in [-0.2, 0) is 6.54 Å². The number of aromatic nitrogens is 2. The van der Waals surface area contributed by atoms with Gasteiger partial charge in [-0.25, -0.2) is 0 Å². The lowest BCUT2D eigenvalue weighted by Crippen LogP contribution is -2.17. The summed E-state index contributed by atoms with van der Waals surface area (Å²) in [6, 6.07) is 0. The first-order chi connectivity index (χ1) is 7.24. The molecule has 3 heteroatoms. The van der Waals surface area contributed by atoms with Gasteiger partial charge in [0.2, 0.25) is 0 Å². The number of nitrogen functional groups attached to an aromatic ring is 1. The third kappa shape index (κ3) is 1.64. The Bertz CT molecular complexity index is 369. The van der Waals surface area contributed by atoms with Crippen LogP contribution in [0.5, 0.6) is 0 Å². The van der Waals surface area contributed by atoms with Gasteiger partial charge in [0.25, 0.3) is 0 Å². The van der Waals surface area contributed by atoms with Crippen molar-refractivity contribution in [3.05, 3.63) is 11.9 Å². The van der Waals surface area contributed by atoms with Crippen molar-refractivity contribution >= 4 is 5.69 Å². The number of fused-ring (bicyclic) bond motifs is 1. The Kier molecular flexibility index (Phi) is 2.01. The highest BCUT2D eigenvalue weighted by atomic mass is 15.3.